The van der Waals surface area contributed by atoms with Crippen molar-refractivity contribution in [1.29, 1.82) is 0 Å². The number of alkyl halides is 3. The normalized spacial score (nSPS) is 44.4. The molecular formula is C27H29F3O6S. The second kappa shape index (κ2) is 8.53. The summed E-state index contributed by atoms with van der Waals surface area (Å²) in [7, 11) is 0. The van der Waals surface area contributed by atoms with E-state index in [9.17, 15) is 19.1 Å². The maximum absolute atomic E-state index is 17.4. The van der Waals surface area contributed by atoms with Crippen molar-refractivity contribution in [2.45, 2.75) is 63.6 Å². The molecule has 1 heterocycles. The maximum Gasteiger partial charge on any atom is 0.375 e. The average Bonchev–Trinajstić information content (AvgIpc) is 3.45. The molecule has 1 aromatic rings. The Labute approximate surface area is 217 Å². The number of hydrogen-bond acceptors (Lipinski definition) is 7. The third-order valence-corrected chi connectivity index (χ3v) is 10.1. The molecule has 0 unspecified atom stereocenters. The first-order chi connectivity index (χ1) is 17.4. The lowest BCUT2D eigenvalue weighted by atomic mass is 9.44. The van der Waals surface area contributed by atoms with E-state index in [-0.39, 0.29) is 35.6 Å². The monoisotopic (exact) mass is 538 g/mol. The molecule has 0 spiro atoms. The minimum Gasteiger partial charge on any atom is -0.457 e. The number of aliphatic hydroxyl groups is 1. The molecule has 9 atom stereocenters. The van der Waals surface area contributed by atoms with Crippen LogP contribution in [-0.4, -0.2) is 52.3 Å². The summed E-state index contributed by atoms with van der Waals surface area (Å²) in [5.74, 6) is -3.63. The van der Waals surface area contributed by atoms with Gasteiger partial charge in [-0.3, -0.25) is 4.79 Å². The summed E-state index contributed by atoms with van der Waals surface area (Å²) in [6.07, 6.45) is 1.48. The van der Waals surface area contributed by atoms with Crippen molar-refractivity contribution in [2.24, 2.45) is 28.6 Å². The van der Waals surface area contributed by atoms with Crippen molar-refractivity contribution in [3.8, 4) is 0 Å². The highest BCUT2D eigenvalue weighted by Crippen LogP contribution is 2.71. The zero-order chi connectivity index (χ0) is 27.0. The molecule has 0 aliphatic heterocycles. The molecule has 0 saturated heterocycles. The summed E-state index contributed by atoms with van der Waals surface area (Å²) < 4.78 is 62.8. The molecule has 200 valence electrons. The van der Waals surface area contributed by atoms with E-state index in [1.807, 2.05) is 0 Å². The van der Waals surface area contributed by atoms with Crippen molar-refractivity contribution in [3.05, 3.63) is 48.0 Å². The molecule has 1 aromatic heterocycles. The van der Waals surface area contributed by atoms with Crippen LogP contribution in [0.15, 0.2) is 46.6 Å². The Balaban J connectivity index is 1.64. The van der Waals surface area contributed by atoms with Gasteiger partial charge in [-0.25, -0.2) is 18.0 Å². The van der Waals surface area contributed by atoms with Gasteiger partial charge in [0.25, 0.3) is 0 Å². The molecule has 37 heavy (non-hydrogen) atoms. The van der Waals surface area contributed by atoms with Crippen LogP contribution in [0.3, 0.4) is 0 Å². The molecule has 4 aliphatic rings. The summed E-state index contributed by atoms with van der Waals surface area (Å²) in [6.45, 7) is 3.67. The largest absolute Gasteiger partial charge is 0.457 e. The van der Waals surface area contributed by atoms with E-state index in [4.69, 9.17) is 26.1 Å². The molecule has 1 N–H and O–H groups in total. The van der Waals surface area contributed by atoms with Crippen molar-refractivity contribution in [3.63, 3.8) is 0 Å². The van der Waals surface area contributed by atoms with Gasteiger partial charge in [0.2, 0.25) is 17.7 Å². The molecule has 10 heteroatoms. The molecule has 0 radical (unpaired) electrons. The van der Waals surface area contributed by atoms with Gasteiger partial charge in [0.15, 0.2) is 17.1 Å². The van der Waals surface area contributed by atoms with Crippen LogP contribution in [0.25, 0.3) is 0 Å². The van der Waals surface area contributed by atoms with Crippen LogP contribution in [0, 0.1) is 28.6 Å². The molecule has 3 saturated carbocycles. The Bertz CT molecular complexity index is 1200. The van der Waals surface area contributed by atoms with Gasteiger partial charge < -0.3 is 19.0 Å². The van der Waals surface area contributed by atoms with Crippen LogP contribution in [0.2, 0.25) is 0 Å². The Kier molecular flexibility index (Phi) is 6.03. The number of hydrogen-bond donors (Lipinski definition) is 1. The Morgan fingerprint density at radius 1 is 1.30 bits per heavy atom. The van der Waals surface area contributed by atoms with Gasteiger partial charge in [-0.15, -0.1) is 0 Å². The van der Waals surface area contributed by atoms with Crippen molar-refractivity contribution in [1.82, 2.24) is 0 Å². The van der Waals surface area contributed by atoms with Crippen LogP contribution < -0.4 is 0 Å². The van der Waals surface area contributed by atoms with Crippen LogP contribution in [0.1, 0.15) is 50.6 Å². The van der Waals surface area contributed by atoms with Crippen LogP contribution >= 0.6 is 12.2 Å². The van der Waals surface area contributed by atoms with E-state index >= 15 is 8.78 Å². The highest BCUT2D eigenvalue weighted by atomic mass is 32.1. The van der Waals surface area contributed by atoms with Gasteiger partial charge in [0.1, 0.15) is 6.17 Å². The standard InChI is InChI=1S/C27H29F3O6S/c1-14-9-16-17-11-19(29)18-10-15(31)6-7-24(18,2)26(17,30)21(32)12-25(16,3)27(14,23(37)35-13-28)36-22(33)20-5-4-8-34-20/h4-8,10,14,16-17,19,21,32H,9,11-13H2,1-3H3/t14-,16+,17+,19+,21+,24+,25+,26+,27+/m1/s1. The minimum atomic E-state index is -2.31. The van der Waals surface area contributed by atoms with E-state index in [2.05, 4.69) is 0 Å². The van der Waals surface area contributed by atoms with E-state index < -0.39 is 70.7 Å². The molecule has 4 aliphatic carbocycles. The van der Waals surface area contributed by atoms with Crippen molar-refractivity contribution < 1.29 is 41.8 Å². The van der Waals surface area contributed by atoms with Crippen LogP contribution in [0.4, 0.5) is 13.2 Å². The van der Waals surface area contributed by atoms with Gasteiger partial charge in [-0.05, 0) is 74.2 Å². The highest BCUT2D eigenvalue weighted by molar-refractivity contribution is 7.80. The summed E-state index contributed by atoms with van der Waals surface area (Å²) in [5.41, 5.74) is -6.82. The van der Waals surface area contributed by atoms with Crippen molar-refractivity contribution >= 4 is 29.0 Å². The van der Waals surface area contributed by atoms with Gasteiger partial charge in [0, 0.05) is 22.7 Å². The summed E-state index contributed by atoms with van der Waals surface area (Å²) in [5, 5.41) is 11.2. The van der Waals surface area contributed by atoms with Crippen LogP contribution in [-0.2, 0) is 14.3 Å². The zero-order valence-electron chi connectivity index (χ0n) is 20.7. The third-order valence-electron chi connectivity index (χ3n) is 9.63. The fourth-order valence-electron chi connectivity index (χ4n) is 7.97. The minimum absolute atomic E-state index is 0.0132. The van der Waals surface area contributed by atoms with Gasteiger partial charge in [-0.2, -0.15) is 0 Å². The number of carbonyl (C=O) groups excluding carboxylic acids is 2. The predicted octanol–water partition coefficient (Wildman–Crippen LogP) is 5.01. The summed E-state index contributed by atoms with van der Waals surface area (Å²) in [4.78, 5) is 25.1. The molecule has 0 aromatic carbocycles. The lowest BCUT2D eigenvalue weighted by Crippen LogP contribution is -2.71. The smallest absolute Gasteiger partial charge is 0.375 e. The Morgan fingerprint density at radius 3 is 2.68 bits per heavy atom. The molecule has 3 fully saturated rings. The first kappa shape index (κ1) is 26.2. The number of esters is 1. The van der Waals surface area contributed by atoms with Crippen molar-refractivity contribution in [2.75, 3.05) is 6.86 Å². The van der Waals surface area contributed by atoms with E-state index in [0.717, 1.165) is 6.08 Å². The van der Waals surface area contributed by atoms with E-state index in [0.29, 0.717) is 0 Å². The molecule has 6 nitrogen and oxygen atoms in total. The zero-order valence-corrected chi connectivity index (χ0v) is 21.5. The van der Waals surface area contributed by atoms with Gasteiger partial charge in [0.05, 0.1) is 12.4 Å². The fourth-order valence-corrected chi connectivity index (χ4v) is 8.49. The topological polar surface area (TPSA) is 86.0 Å². The fraction of sp³-hybridized carbons (Fsp3) is 0.593. The lowest BCUT2D eigenvalue weighted by Gasteiger charge is -2.63. The maximum atomic E-state index is 17.4. The molecular weight excluding hydrogens is 509 g/mol. The molecule has 5 rings (SSSR count). The third kappa shape index (κ3) is 3.24. The second-order valence-electron chi connectivity index (χ2n) is 11.1. The Morgan fingerprint density at radius 2 is 2.03 bits per heavy atom. The first-order valence-corrected chi connectivity index (χ1v) is 12.7. The molecule has 0 amide bonds. The molecule has 0 bridgehead atoms. The number of furan rings is 1. The number of thiocarbonyl (C=S) groups is 1. The number of ketones is 1. The Hall–Kier alpha value is -2.46. The quantitative estimate of drug-likeness (QED) is 0.426. The van der Waals surface area contributed by atoms with E-state index in [1.165, 1.54) is 37.5 Å². The number of allylic oxidation sites excluding steroid dienone is 4. The number of carbonyl (C=O) groups is 2. The van der Waals surface area contributed by atoms with Gasteiger partial charge >= 0.3 is 5.97 Å². The second-order valence-corrected chi connectivity index (χ2v) is 11.5. The average molecular weight is 539 g/mol. The highest BCUT2D eigenvalue weighted by Gasteiger charge is 2.78. The number of fused-ring (bicyclic) bond motifs is 5. The van der Waals surface area contributed by atoms with Gasteiger partial charge in [-0.1, -0.05) is 19.9 Å². The number of rotatable bonds is 4. The number of aliphatic hydroxyl groups excluding tert-OH is 1. The van der Waals surface area contributed by atoms with E-state index in [1.54, 1.807) is 13.8 Å². The lowest BCUT2D eigenvalue weighted by molar-refractivity contribution is -0.216. The first-order valence-electron chi connectivity index (χ1n) is 12.3. The predicted molar refractivity (Wildman–Crippen MR) is 130 cm³/mol. The summed E-state index contributed by atoms with van der Waals surface area (Å²) >= 11 is 5.48. The number of ether oxygens (including phenoxy) is 2. The number of halogens is 3. The summed E-state index contributed by atoms with van der Waals surface area (Å²) in [6, 6.07) is 2.90. The van der Waals surface area contributed by atoms with Crippen LogP contribution in [0.5, 0.6) is 0 Å². The SMILES string of the molecule is C[C@@H]1C[C@H]2[C@@H]3C[C@H](F)C4=CC(=O)C=C[C@]4(C)[C@@]3(F)[C@@H](O)C[C@]2(C)[C@@]1(OC(=O)c1ccco1)C(=S)OCF.